The maximum absolute atomic E-state index is 8.89. The fourth-order valence-corrected chi connectivity index (χ4v) is 1.60. The lowest BCUT2D eigenvalue weighted by Gasteiger charge is -2.13. The first-order valence-electron chi connectivity index (χ1n) is 4.87. The van der Waals surface area contributed by atoms with E-state index in [1.807, 2.05) is 18.2 Å². The third-order valence-electron chi connectivity index (χ3n) is 2.60. The standard InChI is InChI=1S/C12H9N4/c13-5-9-1-2-10(6-14)12(8-16)4-3-11(9)7-15/h1-3,9-12H,4H2/q+1/t9-,10-,11-,12-/m0/s1. The largest absolute Gasteiger partial charge is 0.202 e. The summed E-state index contributed by atoms with van der Waals surface area (Å²) in [5, 5.41) is 35.5. The summed E-state index contributed by atoms with van der Waals surface area (Å²) >= 11 is 0. The van der Waals surface area contributed by atoms with Gasteiger partial charge in [-0.2, -0.15) is 21.0 Å². The van der Waals surface area contributed by atoms with E-state index in [1.54, 1.807) is 18.6 Å². The zero-order valence-electron chi connectivity index (χ0n) is 8.54. The van der Waals surface area contributed by atoms with Gasteiger partial charge in [0.1, 0.15) is 24.3 Å². The molecule has 0 fully saturated rings. The van der Waals surface area contributed by atoms with Gasteiger partial charge in [-0.15, -0.1) is 0 Å². The van der Waals surface area contributed by atoms with E-state index in [2.05, 4.69) is 6.07 Å². The van der Waals surface area contributed by atoms with Crippen molar-refractivity contribution >= 4 is 0 Å². The lowest BCUT2D eigenvalue weighted by Crippen LogP contribution is -2.18. The first kappa shape index (κ1) is 11.6. The highest BCUT2D eigenvalue weighted by atomic mass is 14.4. The minimum absolute atomic E-state index is 0.371. The fourth-order valence-electron chi connectivity index (χ4n) is 1.60. The average molecular weight is 209 g/mol. The van der Waals surface area contributed by atoms with Crippen LogP contribution in [0.2, 0.25) is 0 Å². The van der Waals surface area contributed by atoms with Gasteiger partial charge in [-0.25, -0.2) is 0 Å². The summed E-state index contributed by atoms with van der Waals surface area (Å²) < 4.78 is 0. The monoisotopic (exact) mass is 209 g/mol. The lowest BCUT2D eigenvalue weighted by atomic mass is 9.80. The Morgan fingerprint density at radius 3 is 2.00 bits per heavy atom. The molecular formula is C12H9N4+. The number of nitriles is 4. The second-order valence-electron chi connectivity index (χ2n) is 3.56. The maximum Gasteiger partial charge on any atom is 0.202 e. The summed E-state index contributed by atoms with van der Waals surface area (Å²) in [6, 6.07) is 8.13. The third-order valence-corrected chi connectivity index (χ3v) is 2.60. The molecule has 0 saturated heterocycles. The van der Waals surface area contributed by atoms with Crippen LogP contribution >= 0.6 is 0 Å². The van der Waals surface area contributed by atoms with Gasteiger partial charge in [0.2, 0.25) is 5.92 Å². The van der Waals surface area contributed by atoms with E-state index in [-0.39, 0.29) is 0 Å². The minimum atomic E-state index is -0.527. The van der Waals surface area contributed by atoms with Crippen molar-refractivity contribution in [3.8, 4) is 24.3 Å². The molecule has 0 aromatic heterocycles. The Bertz CT molecular complexity index is 396. The maximum atomic E-state index is 8.89. The Hall–Kier alpha value is -2.43. The fraction of sp³-hybridized carbons (Fsp3) is 0.417. The molecule has 0 heterocycles. The second-order valence-corrected chi connectivity index (χ2v) is 3.56. The van der Waals surface area contributed by atoms with Crippen LogP contribution in [0, 0.1) is 75.4 Å². The highest BCUT2D eigenvalue weighted by molar-refractivity contribution is 5.20. The molecule has 1 rings (SSSR count). The molecule has 0 aromatic carbocycles. The van der Waals surface area contributed by atoms with Crippen LogP contribution in [0.4, 0.5) is 0 Å². The smallest absolute Gasteiger partial charge is 0.198 e. The van der Waals surface area contributed by atoms with Gasteiger partial charge in [0.05, 0.1) is 30.5 Å². The SMILES string of the molecule is N#C[C@@H]1C=C[C@@H](C#N)[C@H](C#N)C[CH+][C@H]1C#N. The summed E-state index contributed by atoms with van der Waals surface area (Å²) in [6.07, 6.45) is 5.16. The summed E-state index contributed by atoms with van der Waals surface area (Å²) in [5.74, 6) is -1.97. The molecule has 0 aromatic rings. The number of allylic oxidation sites excluding steroid dienone is 2. The molecule has 1 aliphatic rings. The van der Waals surface area contributed by atoms with E-state index >= 15 is 0 Å². The van der Waals surface area contributed by atoms with Crippen LogP contribution in [0.25, 0.3) is 0 Å². The summed E-state index contributed by atoms with van der Waals surface area (Å²) in [5.41, 5.74) is 0. The van der Waals surface area contributed by atoms with Crippen LogP contribution in [0.3, 0.4) is 0 Å². The summed E-state index contributed by atoms with van der Waals surface area (Å²) in [4.78, 5) is 0. The van der Waals surface area contributed by atoms with Crippen molar-refractivity contribution in [2.45, 2.75) is 6.42 Å². The molecule has 1 aliphatic carbocycles. The predicted octanol–water partition coefficient (Wildman–Crippen LogP) is 1.71. The highest BCUT2D eigenvalue weighted by Crippen LogP contribution is 2.27. The van der Waals surface area contributed by atoms with E-state index in [4.69, 9.17) is 21.0 Å². The van der Waals surface area contributed by atoms with E-state index in [9.17, 15) is 0 Å². The molecule has 16 heavy (non-hydrogen) atoms. The van der Waals surface area contributed by atoms with Gasteiger partial charge >= 0.3 is 0 Å². The van der Waals surface area contributed by atoms with Crippen LogP contribution in [0.5, 0.6) is 0 Å². The molecule has 0 amide bonds. The molecule has 0 aliphatic heterocycles. The molecular weight excluding hydrogens is 200 g/mol. The molecule has 4 nitrogen and oxygen atoms in total. The van der Waals surface area contributed by atoms with Crippen LogP contribution in [-0.4, -0.2) is 0 Å². The van der Waals surface area contributed by atoms with Gasteiger partial charge in [0, 0.05) is 0 Å². The number of hydrogen-bond donors (Lipinski definition) is 0. The Balaban J connectivity index is 2.98. The van der Waals surface area contributed by atoms with Crippen molar-refractivity contribution in [1.82, 2.24) is 0 Å². The lowest BCUT2D eigenvalue weighted by molar-refractivity contribution is 0.502. The molecule has 0 bridgehead atoms. The van der Waals surface area contributed by atoms with Gasteiger partial charge in [-0.1, -0.05) is 12.2 Å². The quantitative estimate of drug-likeness (QED) is 0.448. The molecule has 0 spiro atoms. The summed E-state index contributed by atoms with van der Waals surface area (Å²) in [7, 11) is 0. The molecule has 76 valence electrons. The minimum Gasteiger partial charge on any atom is -0.198 e. The van der Waals surface area contributed by atoms with Crippen molar-refractivity contribution in [3.05, 3.63) is 18.6 Å². The van der Waals surface area contributed by atoms with Crippen molar-refractivity contribution in [3.63, 3.8) is 0 Å². The Kier molecular flexibility index (Phi) is 3.97. The first-order valence-corrected chi connectivity index (χ1v) is 4.87. The Morgan fingerprint density at radius 1 is 0.875 bits per heavy atom. The molecule has 0 N–H and O–H groups in total. The number of hydrogen-bond acceptors (Lipinski definition) is 4. The van der Waals surface area contributed by atoms with E-state index in [0.717, 1.165) is 0 Å². The van der Waals surface area contributed by atoms with E-state index in [0.29, 0.717) is 6.42 Å². The van der Waals surface area contributed by atoms with Crippen molar-refractivity contribution in [2.75, 3.05) is 0 Å². The van der Waals surface area contributed by atoms with Gasteiger partial charge in [-0.05, 0) is 0 Å². The number of nitrogens with zero attached hydrogens (tertiary/aromatic N) is 4. The molecule has 0 unspecified atom stereocenters. The second kappa shape index (κ2) is 5.45. The Morgan fingerprint density at radius 2 is 1.50 bits per heavy atom. The van der Waals surface area contributed by atoms with Crippen LogP contribution < -0.4 is 0 Å². The molecule has 0 radical (unpaired) electrons. The normalized spacial score (nSPS) is 32.8. The van der Waals surface area contributed by atoms with Crippen molar-refractivity contribution < 1.29 is 0 Å². The van der Waals surface area contributed by atoms with Gasteiger partial charge in [0.15, 0.2) is 0 Å². The predicted molar refractivity (Wildman–Crippen MR) is 54.5 cm³/mol. The van der Waals surface area contributed by atoms with Crippen LogP contribution in [0.15, 0.2) is 12.2 Å². The van der Waals surface area contributed by atoms with E-state index in [1.165, 1.54) is 0 Å². The molecule has 4 atom stereocenters. The first-order chi connectivity index (χ1) is 7.76. The molecule has 4 heteroatoms. The van der Waals surface area contributed by atoms with Crippen molar-refractivity contribution in [2.24, 2.45) is 23.7 Å². The zero-order chi connectivity index (χ0) is 12.0. The highest BCUT2D eigenvalue weighted by Gasteiger charge is 2.33. The Labute approximate surface area is 94.6 Å². The topological polar surface area (TPSA) is 95.2 Å². The summed E-state index contributed by atoms with van der Waals surface area (Å²) in [6.45, 7) is 0. The van der Waals surface area contributed by atoms with Gasteiger partial charge < -0.3 is 0 Å². The van der Waals surface area contributed by atoms with Gasteiger partial charge in [0.25, 0.3) is 0 Å². The van der Waals surface area contributed by atoms with E-state index < -0.39 is 23.7 Å². The van der Waals surface area contributed by atoms with Gasteiger partial charge in [-0.3, -0.25) is 0 Å². The molecule has 0 saturated carbocycles. The zero-order valence-corrected chi connectivity index (χ0v) is 8.54. The average Bonchev–Trinajstić information content (AvgIpc) is 2.30. The van der Waals surface area contributed by atoms with Crippen LogP contribution in [0.1, 0.15) is 6.42 Å². The van der Waals surface area contributed by atoms with Crippen molar-refractivity contribution in [1.29, 1.82) is 21.0 Å². The van der Waals surface area contributed by atoms with Crippen LogP contribution in [-0.2, 0) is 0 Å². The third kappa shape index (κ3) is 2.33. The number of rotatable bonds is 0.